The van der Waals surface area contributed by atoms with E-state index in [-0.39, 0.29) is 30.3 Å². The van der Waals surface area contributed by atoms with Crippen LogP contribution in [-0.2, 0) is 9.59 Å². The van der Waals surface area contributed by atoms with Crippen LogP contribution in [0.25, 0.3) is 0 Å². The molecule has 1 aromatic rings. The van der Waals surface area contributed by atoms with E-state index in [2.05, 4.69) is 21.6 Å². The molecule has 0 aromatic heterocycles. The molecule has 2 rings (SSSR count). The molecule has 0 bridgehead atoms. The fourth-order valence-electron chi connectivity index (χ4n) is 3.22. The second-order valence-corrected chi connectivity index (χ2v) is 7.33. The maximum absolute atomic E-state index is 12.2. The number of benzene rings is 1. The van der Waals surface area contributed by atoms with Crippen molar-refractivity contribution in [2.45, 2.75) is 38.8 Å². The molecule has 0 saturated carbocycles. The fraction of sp³-hybridized carbons (Fsp3) is 0.600. The summed E-state index contributed by atoms with van der Waals surface area (Å²) in [6, 6.07) is 7.43. The minimum Gasteiger partial charge on any atom is -0.497 e. The number of amides is 2. The summed E-state index contributed by atoms with van der Waals surface area (Å²) in [6.07, 6.45) is 2.33. The Hall–Kier alpha value is -2.12. The van der Waals surface area contributed by atoms with Crippen molar-refractivity contribution in [1.29, 1.82) is 0 Å². The first kappa shape index (κ1) is 21.2. The number of carbonyl (C=O) groups excluding carboxylic acids is 2. The molecular formula is C20H32N4O3. The topological polar surface area (TPSA) is 96.7 Å². The Bertz CT molecular complexity index is 629. The minimum atomic E-state index is -0.605. The standard InChI is InChI=1S/C20H32N4O3/c1-14(2)19(21)20(26)23-13-18(25)22-12-17(24-9-4-5-10-24)15-7-6-8-16(11-15)27-3/h6-8,11,14,17,19H,4-5,9-10,12-13,21H2,1-3H3,(H,22,25)(H,23,26)/t17?,19-/m0/s1. The van der Waals surface area contributed by atoms with Crippen LogP contribution in [-0.4, -0.2) is 56.0 Å². The van der Waals surface area contributed by atoms with Crippen LogP contribution in [0.5, 0.6) is 5.75 Å². The number of ether oxygens (including phenoxy) is 1. The molecule has 0 aliphatic carbocycles. The molecule has 7 nitrogen and oxygen atoms in total. The molecule has 2 amide bonds. The highest BCUT2D eigenvalue weighted by molar-refractivity contribution is 5.87. The molecule has 2 atom stereocenters. The SMILES string of the molecule is COc1cccc(C(CNC(=O)CNC(=O)[C@@H](N)C(C)C)N2CCCC2)c1. The molecule has 1 aliphatic heterocycles. The first-order valence-corrected chi connectivity index (χ1v) is 9.60. The average Bonchev–Trinajstić information content (AvgIpc) is 3.20. The highest BCUT2D eigenvalue weighted by Crippen LogP contribution is 2.27. The van der Waals surface area contributed by atoms with Gasteiger partial charge in [0.1, 0.15) is 5.75 Å². The van der Waals surface area contributed by atoms with E-state index in [4.69, 9.17) is 10.5 Å². The van der Waals surface area contributed by atoms with Gasteiger partial charge < -0.3 is 21.1 Å². The van der Waals surface area contributed by atoms with E-state index in [1.165, 1.54) is 0 Å². The molecule has 0 spiro atoms. The first-order chi connectivity index (χ1) is 12.9. The van der Waals surface area contributed by atoms with Gasteiger partial charge in [0.2, 0.25) is 11.8 Å². The van der Waals surface area contributed by atoms with Crippen molar-refractivity contribution in [1.82, 2.24) is 15.5 Å². The summed E-state index contributed by atoms with van der Waals surface area (Å²) in [5.41, 5.74) is 6.91. The lowest BCUT2D eigenvalue weighted by Crippen LogP contribution is -2.48. The van der Waals surface area contributed by atoms with Crippen LogP contribution in [0.4, 0.5) is 0 Å². The second kappa shape index (κ2) is 10.3. The number of rotatable bonds is 9. The fourth-order valence-corrected chi connectivity index (χ4v) is 3.22. The normalized spacial score (nSPS) is 16.8. The van der Waals surface area contributed by atoms with E-state index in [1.54, 1.807) is 7.11 Å². The van der Waals surface area contributed by atoms with Gasteiger partial charge in [-0.25, -0.2) is 0 Å². The maximum Gasteiger partial charge on any atom is 0.239 e. The van der Waals surface area contributed by atoms with Gasteiger partial charge in [0.05, 0.1) is 25.7 Å². The van der Waals surface area contributed by atoms with E-state index >= 15 is 0 Å². The number of carbonyl (C=O) groups is 2. The molecule has 150 valence electrons. The van der Waals surface area contributed by atoms with Crippen LogP contribution in [0, 0.1) is 5.92 Å². The predicted molar refractivity (Wildman–Crippen MR) is 105 cm³/mol. The van der Waals surface area contributed by atoms with Gasteiger partial charge in [0, 0.05) is 6.54 Å². The number of nitrogens with zero attached hydrogens (tertiary/aromatic N) is 1. The predicted octanol–water partition coefficient (Wildman–Crippen LogP) is 1.05. The van der Waals surface area contributed by atoms with Gasteiger partial charge >= 0.3 is 0 Å². The monoisotopic (exact) mass is 376 g/mol. The van der Waals surface area contributed by atoms with Crippen LogP contribution in [0.3, 0.4) is 0 Å². The third-order valence-corrected chi connectivity index (χ3v) is 5.00. The molecule has 1 saturated heterocycles. The molecule has 7 heteroatoms. The lowest BCUT2D eigenvalue weighted by molar-refractivity contribution is -0.127. The molecule has 1 aliphatic rings. The van der Waals surface area contributed by atoms with Gasteiger partial charge in [-0.3, -0.25) is 14.5 Å². The van der Waals surface area contributed by atoms with Gasteiger partial charge in [-0.2, -0.15) is 0 Å². The Balaban J connectivity index is 1.93. The summed E-state index contributed by atoms with van der Waals surface area (Å²) < 4.78 is 5.33. The number of nitrogens with two attached hydrogens (primary N) is 1. The summed E-state index contributed by atoms with van der Waals surface area (Å²) in [6.45, 7) is 6.19. The first-order valence-electron chi connectivity index (χ1n) is 9.60. The van der Waals surface area contributed by atoms with Gasteiger partial charge in [-0.1, -0.05) is 26.0 Å². The van der Waals surface area contributed by atoms with Crippen LogP contribution in [0.15, 0.2) is 24.3 Å². The minimum absolute atomic E-state index is 0.0284. The number of hydrogen-bond donors (Lipinski definition) is 3. The Labute approximate surface area is 161 Å². The summed E-state index contributed by atoms with van der Waals surface area (Å²) in [4.78, 5) is 26.5. The van der Waals surface area contributed by atoms with E-state index in [1.807, 2.05) is 32.0 Å². The largest absolute Gasteiger partial charge is 0.497 e. The highest BCUT2D eigenvalue weighted by Gasteiger charge is 2.24. The number of hydrogen-bond acceptors (Lipinski definition) is 5. The number of methoxy groups -OCH3 is 1. The number of nitrogens with one attached hydrogen (secondary N) is 2. The van der Waals surface area contributed by atoms with E-state index in [0.717, 1.165) is 37.2 Å². The Kier molecular flexibility index (Phi) is 8.06. The highest BCUT2D eigenvalue weighted by atomic mass is 16.5. The molecule has 0 radical (unpaired) electrons. The average molecular weight is 377 g/mol. The summed E-state index contributed by atoms with van der Waals surface area (Å²) in [7, 11) is 1.65. The third-order valence-electron chi connectivity index (χ3n) is 5.00. The van der Waals surface area contributed by atoms with Crippen molar-refractivity contribution in [2.24, 2.45) is 11.7 Å². The Morgan fingerprint density at radius 1 is 1.22 bits per heavy atom. The lowest BCUT2D eigenvalue weighted by atomic mass is 10.0. The summed E-state index contributed by atoms with van der Waals surface area (Å²) in [5.74, 6) is 0.314. The zero-order valence-electron chi connectivity index (χ0n) is 16.5. The van der Waals surface area contributed by atoms with Crippen molar-refractivity contribution in [3.05, 3.63) is 29.8 Å². The molecular weight excluding hydrogens is 344 g/mol. The second-order valence-electron chi connectivity index (χ2n) is 7.33. The Morgan fingerprint density at radius 3 is 2.56 bits per heavy atom. The van der Waals surface area contributed by atoms with Crippen LogP contribution in [0.2, 0.25) is 0 Å². The molecule has 1 aromatic carbocycles. The zero-order chi connectivity index (χ0) is 19.8. The van der Waals surface area contributed by atoms with Crippen molar-refractivity contribution < 1.29 is 14.3 Å². The lowest BCUT2D eigenvalue weighted by Gasteiger charge is -2.28. The molecule has 27 heavy (non-hydrogen) atoms. The van der Waals surface area contributed by atoms with Gasteiger partial charge in [-0.15, -0.1) is 0 Å². The molecule has 1 heterocycles. The van der Waals surface area contributed by atoms with Crippen molar-refractivity contribution in [3.63, 3.8) is 0 Å². The van der Waals surface area contributed by atoms with Crippen molar-refractivity contribution in [3.8, 4) is 5.75 Å². The van der Waals surface area contributed by atoms with Gasteiger partial charge in [0.25, 0.3) is 0 Å². The smallest absolute Gasteiger partial charge is 0.239 e. The van der Waals surface area contributed by atoms with Crippen LogP contribution < -0.4 is 21.1 Å². The van der Waals surface area contributed by atoms with Crippen LogP contribution >= 0.6 is 0 Å². The van der Waals surface area contributed by atoms with E-state index in [9.17, 15) is 9.59 Å². The quantitative estimate of drug-likeness (QED) is 0.599. The summed E-state index contributed by atoms with van der Waals surface area (Å²) >= 11 is 0. The van der Waals surface area contributed by atoms with E-state index < -0.39 is 6.04 Å². The van der Waals surface area contributed by atoms with E-state index in [0.29, 0.717) is 6.54 Å². The van der Waals surface area contributed by atoms with Gasteiger partial charge in [-0.05, 0) is 49.5 Å². The molecule has 1 unspecified atom stereocenters. The maximum atomic E-state index is 12.2. The molecule has 1 fully saturated rings. The van der Waals surface area contributed by atoms with Crippen molar-refractivity contribution in [2.75, 3.05) is 33.3 Å². The van der Waals surface area contributed by atoms with Gasteiger partial charge in [0.15, 0.2) is 0 Å². The number of likely N-dealkylation sites (tertiary alicyclic amines) is 1. The van der Waals surface area contributed by atoms with Crippen molar-refractivity contribution >= 4 is 11.8 Å². The molecule has 4 N–H and O–H groups in total. The van der Waals surface area contributed by atoms with Crippen LogP contribution in [0.1, 0.15) is 38.3 Å². The zero-order valence-corrected chi connectivity index (χ0v) is 16.5. The Morgan fingerprint density at radius 2 is 1.93 bits per heavy atom. The third kappa shape index (κ3) is 6.22. The summed E-state index contributed by atoms with van der Waals surface area (Å²) in [5, 5.41) is 5.55.